The highest BCUT2D eigenvalue weighted by molar-refractivity contribution is 6.00. The van der Waals surface area contributed by atoms with E-state index in [2.05, 4.69) is 10.6 Å². The van der Waals surface area contributed by atoms with Crippen LogP contribution in [0.15, 0.2) is 42.5 Å². The average Bonchev–Trinajstić information content (AvgIpc) is 2.95. The first-order chi connectivity index (χ1) is 18.9. The Morgan fingerprint density at radius 3 is 2.64 bits per heavy atom. The molecule has 9 heteroatoms. The minimum Gasteiger partial charge on any atom is -0.490 e. The van der Waals surface area contributed by atoms with Crippen LogP contribution in [0.2, 0.25) is 0 Å². The minimum absolute atomic E-state index is 0.00643. The third kappa shape index (κ3) is 6.41. The van der Waals surface area contributed by atoms with E-state index in [-0.39, 0.29) is 61.2 Å². The monoisotopic (exact) mass is 537 g/mol. The van der Waals surface area contributed by atoms with Gasteiger partial charge in [-0.25, -0.2) is 4.39 Å². The molecule has 8 nitrogen and oxygen atoms in total. The molecular formula is C30H36FN3O5. The van der Waals surface area contributed by atoms with Crippen LogP contribution in [0.4, 0.5) is 10.1 Å². The second kappa shape index (κ2) is 12.2. The predicted molar refractivity (Wildman–Crippen MR) is 144 cm³/mol. The minimum atomic E-state index is -0.393. The number of nitrogens with one attached hydrogen (secondary N) is 2. The zero-order valence-electron chi connectivity index (χ0n) is 22.3. The topological polar surface area (TPSA) is 97.0 Å². The van der Waals surface area contributed by atoms with E-state index in [1.165, 1.54) is 12.5 Å². The summed E-state index contributed by atoms with van der Waals surface area (Å²) in [6, 6.07) is 11.3. The lowest BCUT2D eigenvalue weighted by atomic mass is 9.88. The third-order valence-electron chi connectivity index (χ3n) is 8.10. The van der Waals surface area contributed by atoms with Crippen LogP contribution in [0.3, 0.4) is 0 Å². The number of carbonyl (C=O) groups excluding carboxylic acids is 3. The van der Waals surface area contributed by atoms with Crippen LogP contribution >= 0.6 is 0 Å². The predicted octanol–water partition coefficient (Wildman–Crippen LogP) is 4.43. The van der Waals surface area contributed by atoms with E-state index in [1.807, 2.05) is 0 Å². The SMILES string of the molecule is CN1C(=O)c2cc(NC(=O)C3CCCCC3)ccc2OC[C@@H]2O[C@H](CC(=O)NCc3ccccc3F)CC[C@@H]21. The van der Waals surface area contributed by atoms with Gasteiger partial charge in [-0.15, -0.1) is 0 Å². The zero-order valence-corrected chi connectivity index (χ0v) is 22.3. The summed E-state index contributed by atoms with van der Waals surface area (Å²) in [4.78, 5) is 40.4. The van der Waals surface area contributed by atoms with Crippen LogP contribution < -0.4 is 15.4 Å². The normalized spacial score (nSPS) is 23.5. The van der Waals surface area contributed by atoms with Gasteiger partial charge < -0.3 is 25.0 Å². The first-order valence-electron chi connectivity index (χ1n) is 13.9. The lowest BCUT2D eigenvalue weighted by Gasteiger charge is -2.42. The van der Waals surface area contributed by atoms with Gasteiger partial charge in [-0.2, -0.15) is 0 Å². The summed E-state index contributed by atoms with van der Waals surface area (Å²) in [5.74, 6) is -0.302. The third-order valence-corrected chi connectivity index (χ3v) is 8.10. The number of halogens is 1. The fraction of sp³-hybridized carbons (Fsp3) is 0.500. The van der Waals surface area contributed by atoms with E-state index in [1.54, 1.807) is 48.3 Å². The molecule has 0 aromatic heterocycles. The molecular weight excluding hydrogens is 501 g/mol. The molecule has 3 aliphatic rings. The van der Waals surface area contributed by atoms with Crippen molar-refractivity contribution in [2.24, 2.45) is 5.92 Å². The Hall–Kier alpha value is -3.46. The maximum Gasteiger partial charge on any atom is 0.257 e. The van der Waals surface area contributed by atoms with Gasteiger partial charge in [0, 0.05) is 30.8 Å². The number of amides is 3. The smallest absolute Gasteiger partial charge is 0.257 e. The zero-order chi connectivity index (χ0) is 27.4. The maximum atomic E-state index is 13.8. The highest BCUT2D eigenvalue weighted by Gasteiger charge is 2.39. The largest absolute Gasteiger partial charge is 0.490 e. The second-order valence-electron chi connectivity index (χ2n) is 10.8. The van der Waals surface area contributed by atoms with E-state index in [0.29, 0.717) is 35.4 Å². The van der Waals surface area contributed by atoms with Crippen molar-refractivity contribution in [2.45, 2.75) is 76.2 Å². The standard InChI is InChI=1S/C30H36FN3O5/c1-34-25-13-12-22(16-28(35)32-17-20-9-5-6-10-24(20)31)39-27(25)18-38-26-14-11-21(15-23(26)30(34)37)33-29(36)19-7-3-2-4-8-19/h5-6,9-11,14-15,19,22,25,27H,2-4,7-8,12-13,16-18H2,1H3,(H,32,35)(H,33,36)/t22-,25-,27-/m0/s1. The number of fused-ring (bicyclic) bond motifs is 2. The van der Waals surface area contributed by atoms with Crippen molar-refractivity contribution >= 4 is 23.4 Å². The molecule has 3 amide bonds. The number of ether oxygens (including phenoxy) is 2. The quantitative estimate of drug-likeness (QED) is 0.568. The number of anilines is 1. The van der Waals surface area contributed by atoms with Crippen LogP contribution in [0.1, 0.15) is 67.3 Å². The summed E-state index contributed by atoms with van der Waals surface area (Å²) < 4.78 is 26.1. The molecule has 0 radical (unpaired) electrons. The van der Waals surface area contributed by atoms with E-state index < -0.39 is 6.10 Å². The van der Waals surface area contributed by atoms with Crippen molar-refractivity contribution in [1.82, 2.24) is 10.2 Å². The maximum absolute atomic E-state index is 13.8. The fourth-order valence-corrected chi connectivity index (χ4v) is 5.83. The first-order valence-corrected chi connectivity index (χ1v) is 13.9. The van der Waals surface area contributed by atoms with Gasteiger partial charge in [0.2, 0.25) is 11.8 Å². The Bertz CT molecular complexity index is 1210. The molecule has 1 aliphatic carbocycles. The van der Waals surface area contributed by atoms with E-state index in [0.717, 1.165) is 25.7 Å². The molecule has 2 aliphatic heterocycles. The van der Waals surface area contributed by atoms with Crippen LogP contribution in [0.25, 0.3) is 0 Å². The van der Waals surface area contributed by atoms with Crippen LogP contribution in [0.5, 0.6) is 5.75 Å². The van der Waals surface area contributed by atoms with Gasteiger partial charge in [0.05, 0.1) is 24.1 Å². The average molecular weight is 538 g/mol. The Kier molecular flexibility index (Phi) is 8.45. The summed E-state index contributed by atoms with van der Waals surface area (Å²) >= 11 is 0. The van der Waals surface area contributed by atoms with Gasteiger partial charge in [0.25, 0.3) is 5.91 Å². The Balaban J connectivity index is 1.20. The van der Waals surface area contributed by atoms with Gasteiger partial charge in [0.1, 0.15) is 24.3 Å². The van der Waals surface area contributed by atoms with E-state index >= 15 is 0 Å². The number of hydrogen-bond acceptors (Lipinski definition) is 5. The lowest BCUT2D eigenvalue weighted by molar-refractivity contribution is -0.134. The van der Waals surface area contributed by atoms with Crippen molar-refractivity contribution in [3.63, 3.8) is 0 Å². The van der Waals surface area contributed by atoms with E-state index in [4.69, 9.17) is 9.47 Å². The molecule has 0 bridgehead atoms. The molecule has 2 heterocycles. The summed E-state index contributed by atoms with van der Waals surface area (Å²) in [7, 11) is 1.76. The molecule has 1 saturated heterocycles. The molecule has 2 aromatic carbocycles. The molecule has 2 N–H and O–H groups in total. The molecule has 1 saturated carbocycles. The van der Waals surface area contributed by atoms with Crippen molar-refractivity contribution in [1.29, 1.82) is 0 Å². The summed E-state index contributed by atoms with van der Waals surface area (Å²) in [6.07, 6.45) is 5.83. The molecule has 3 atom stereocenters. The van der Waals surface area contributed by atoms with Gasteiger partial charge in [0.15, 0.2) is 0 Å². The summed E-state index contributed by atoms with van der Waals surface area (Å²) in [5.41, 5.74) is 1.43. The lowest BCUT2D eigenvalue weighted by Crippen LogP contribution is -2.53. The molecule has 0 unspecified atom stereocenters. The summed E-state index contributed by atoms with van der Waals surface area (Å²) in [6.45, 7) is 0.348. The molecule has 2 fully saturated rings. The highest BCUT2D eigenvalue weighted by Crippen LogP contribution is 2.33. The molecule has 208 valence electrons. The number of nitrogens with zero attached hydrogens (tertiary/aromatic N) is 1. The van der Waals surface area contributed by atoms with Crippen molar-refractivity contribution in [3.8, 4) is 5.75 Å². The highest BCUT2D eigenvalue weighted by atomic mass is 19.1. The van der Waals surface area contributed by atoms with Crippen LogP contribution in [0, 0.1) is 11.7 Å². The Morgan fingerprint density at radius 1 is 1.05 bits per heavy atom. The molecule has 2 aromatic rings. The Labute approximate surface area is 228 Å². The number of rotatable bonds is 6. The number of hydrogen-bond donors (Lipinski definition) is 2. The van der Waals surface area contributed by atoms with Gasteiger partial charge in [-0.1, -0.05) is 37.5 Å². The number of benzene rings is 2. The van der Waals surface area contributed by atoms with Crippen molar-refractivity contribution < 1.29 is 28.2 Å². The first kappa shape index (κ1) is 27.1. The molecule has 0 spiro atoms. The fourth-order valence-electron chi connectivity index (χ4n) is 5.83. The van der Waals surface area contributed by atoms with Crippen molar-refractivity contribution in [2.75, 3.05) is 19.0 Å². The summed E-state index contributed by atoms with van der Waals surface area (Å²) in [5, 5.41) is 5.75. The van der Waals surface area contributed by atoms with Crippen molar-refractivity contribution in [3.05, 3.63) is 59.4 Å². The van der Waals surface area contributed by atoms with Crippen LogP contribution in [-0.2, 0) is 20.9 Å². The van der Waals surface area contributed by atoms with Gasteiger partial charge >= 0.3 is 0 Å². The molecule has 5 rings (SSSR count). The van der Waals surface area contributed by atoms with Gasteiger partial charge in [-0.3, -0.25) is 14.4 Å². The second-order valence-corrected chi connectivity index (χ2v) is 10.8. The van der Waals surface area contributed by atoms with Gasteiger partial charge in [-0.05, 0) is 49.9 Å². The number of likely N-dealkylation sites (N-methyl/N-ethyl adjacent to an activating group) is 1. The molecule has 39 heavy (non-hydrogen) atoms. The van der Waals surface area contributed by atoms with E-state index in [9.17, 15) is 18.8 Å². The Morgan fingerprint density at radius 2 is 1.85 bits per heavy atom. The number of carbonyl (C=O) groups is 3. The van der Waals surface area contributed by atoms with Crippen LogP contribution in [-0.4, -0.2) is 54.5 Å².